The first-order chi connectivity index (χ1) is 39.9. The first-order valence-electron chi connectivity index (χ1n) is 28.2. The average molecular weight is 1170 g/mol. The van der Waals surface area contributed by atoms with Gasteiger partial charge in [0.25, 0.3) is 0 Å². The summed E-state index contributed by atoms with van der Waals surface area (Å²) in [5.41, 5.74) is 20.6. The average Bonchev–Trinajstić information content (AvgIpc) is 2.64. The van der Waals surface area contributed by atoms with Gasteiger partial charge < -0.3 is 23.7 Å². The van der Waals surface area contributed by atoms with Gasteiger partial charge in [0.1, 0.15) is 5.82 Å². The number of fused-ring (bicyclic) bond motifs is 6. The molecule has 0 atom stereocenters. The third-order valence-electron chi connectivity index (χ3n) is 15.9. The van der Waals surface area contributed by atoms with Crippen LogP contribution in [0.2, 0.25) is 0 Å². The molecule has 1 aliphatic rings. The zero-order chi connectivity index (χ0) is 55.7. The number of anilines is 4. The monoisotopic (exact) mass is 1160 g/mol. The number of rotatable bonds is 10. The van der Waals surface area contributed by atoms with Gasteiger partial charge in [0.15, 0.2) is 0 Å². The fourth-order valence-electron chi connectivity index (χ4n) is 11.8. The Morgan fingerprint density at radius 2 is 0.952 bits per heavy atom. The number of hydrogen-bond donors (Lipinski definition) is 0. The first-order valence-corrected chi connectivity index (χ1v) is 28.2. The summed E-state index contributed by atoms with van der Waals surface area (Å²) in [7, 11) is 0. The summed E-state index contributed by atoms with van der Waals surface area (Å²) in [6.07, 6.45) is 1.93. The van der Waals surface area contributed by atoms with Gasteiger partial charge in [-0.05, 0) is 122 Å². The number of ether oxygens (including phenoxy) is 1. The Kier molecular flexibility index (Phi) is 13.6. The van der Waals surface area contributed by atoms with Gasteiger partial charge in [-0.1, -0.05) is 198 Å². The summed E-state index contributed by atoms with van der Waals surface area (Å²) in [5, 5.41) is 2.17. The molecule has 1 aliphatic heterocycles. The maximum atomic E-state index is 6.92. The van der Waals surface area contributed by atoms with Crippen molar-refractivity contribution in [3.05, 3.63) is 279 Å². The summed E-state index contributed by atoms with van der Waals surface area (Å²) in [6, 6.07) is 94.2. The van der Waals surface area contributed by atoms with E-state index < -0.39 is 0 Å². The Labute approximate surface area is 500 Å². The van der Waals surface area contributed by atoms with Crippen molar-refractivity contribution < 1.29 is 25.2 Å². The van der Waals surface area contributed by atoms with Crippen LogP contribution in [-0.2, 0) is 31.3 Å². The van der Waals surface area contributed by atoms with Crippen LogP contribution in [0.5, 0.6) is 11.5 Å². The molecule has 0 aliphatic carbocycles. The molecule has 0 bridgehead atoms. The number of pyridine rings is 1. The molecule has 0 amide bonds. The van der Waals surface area contributed by atoms with Gasteiger partial charge in [-0.2, -0.15) is 12.1 Å². The van der Waals surface area contributed by atoms with Gasteiger partial charge >= 0.3 is 0 Å². The SMILES string of the molecule is CC(C)(C)c1ccnc(-n2c3[c-]c(Oc4[c-]c(N5[CH-]N(c6c(-c7cccc(-c8ccccc8)c7)cc(C(C)(C)C)cc6-c6cccc(-c7ccccc7)c6)c6ccccc65)ccc4)ccc3c3c2c2ccccc2n3-c2ccccc2)c1.[Pd]. The minimum Gasteiger partial charge on any atom is -0.509 e. The summed E-state index contributed by atoms with van der Waals surface area (Å²) < 4.78 is 11.6. The van der Waals surface area contributed by atoms with Crippen molar-refractivity contribution in [3.63, 3.8) is 0 Å². The standard InChI is InChI=1S/C76H60N5O.Pd/c1-75(2,3)57-41-42-77-71(47-57)81-70-49-62(39-40-64(70)73-74(81)63-35-16-17-36-67(63)80(73)59-31-14-9-15-32-59)82-61-34-22-33-60(48-61)78-50-79(69-38-19-18-37-68(69)78)72-65(55-29-20-27-53(43-55)51-23-10-7-11-24-51)45-58(76(4,5)6)46-66(72)56-30-21-28-54(44-56)52-25-12-8-13-26-52;/h7-47,50H,1-6H3;/q-3;. The van der Waals surface area contributed by atoms with Gasteiger partial charge in [0.2, 0.25) is 0 Å². The van der Waals surface area contributed by atoms with E-state index in [1.54, 1.807) is 0 Å². The van der Waals surface area contributed by atoms with Crippen LogP contribution in [0.1, 0.15) is 52.7 Å². The van der Waals surface area contributed by atoms with E-state index in [0.29, 0.717) is 11.5 Å². The molecular weight excluding hydrogens is 1110 g/mol. The fraction of sp³-hybridized carbons (Fsp3) is 0.105. The Hall–Kier alpha value is -9.25. The first kappa shape index (κ1) is 53.1. The van der Waals surface area contributed by atoms with Crippen molar-refractivity contribution in [2.45, 2.75) is 52.4 Å². The molecule has 0 N–H and O–H groups in total. The predicted molar refractivity (Wildman–Crippen MR) is 340 cm³/mol. The van der Waals surface area contributed by atoms with Crippen molar-refractivity contribution >= 4 is 55.6 Å². The normalized spacial score (nSPS) is 12.5. The molecule has 0 saturated heterocycles. The van der Waals surface area contributed by atoms with E-state index in [4.69, 9.17) is 9.72 Å². The van der Waals surface area contributed by atoms with Crippen molar-refractivity contribution in [2.75, 3.05) is 9.80 Å². The second-order valence-corrected chi connectivity index (χ2v) is 23.4. The molecule has 7 heteroatoms. The number of aromatic nitrogens is 3. The molecule has 14 rings (SSSR count). The molecule has 0 radical (unpaired) electrons. The number of hydrogen-bond acceptors (Lipinski definition) is 4. The largest absolute Gasteiger partial charge is 0.509 e. The van der Waals surface area contributed by atoms with Crippen molar-refractivity contribution in [1.82, 2.24) is 14.1 Å². The minimum atomic E-state index is -0.155. The third kappa shape index (κ3) is 9.70. The van der Waals surface area contributed by atoms with E-state index in [0.717, 1.165) is 100 Å². The summed E-state index contributed by atoms with van der Waals surface area (Å²) in [4.78, 5) is 9.68. The summed E-state index contributed by atoms with van der Waals surface area (Å²) in [5.74, 6) is 1.96. The van der Waals surface area contributed by atoms with Gasteiger partial charge in [0, 0.05) is 82.9 Å². The molecular formula is C76H60N5OPd-3. The van der Waals surface area contributed by atoms with Gasteiger partial charge in [-0.3, -0.25) is 0 Å². The smallest absolute Gasteiger partial charge is 0.135 e. The van der Waals surface area contributed by atoms with Crippen LogP contribution in [-0.4, -0.2) is 14.1 Å². The van der Waals surface area contributed by atoms with Crippen molar-refractivity contribution in [2.24, 2.45) is 0 Å². The number of benzene rings is 10. The van der Waals surface area contributed by atoms with Gasteiger partial charge in [-0.25, -0.2) is 4.98 Å². The Bertz CT molecular complexity index is 4440. The quantitative estimate of drug-likeness (QED) is 0.101. The van der Waals surface area contributed by atoms with E-state index in [1.165, 1.54) is 22.3 Å². The van der Waals surface area contributed by atoms with E-state index in [1.807, 2.05) is 24.4 Å². The molecule has 10 aromatic carbocycles. The van der Waals surface area contributed by atoms with Crippen LogP contribution in [0.15, 0.2) is 249 Å². The molecule has 408 valence electrons. The second-order valence-electron chi connectivity index (χ2n) is 23.4. The Balaban J connectivity index is 0.00000645. The molecule has 0 spiro atoms. The molecule has 13 aromatic rings. The summed E-state index contributed by atoms with van der Waals surface area (Å²) in [6.45, 7) is 15.9. The van der Waals surface area contributed by atoms with Crippen LogP contribution in [0.4, 0.5) is 22.7 Å². The van der Waals surface area contributed by atoms with E-state index >= 15 is 0 Å². The molecule has 3 aromatic heterocycles. The Morgan fingerprint density at radius 1 is 0.422 bits per heavy atom. The summed E-state index contributed by atoms with van der Waals surface area (Å²) >= 11 is 0. The predicted octanol–water partition coefficient (Wildman–Crippen LogP) is 20.2. The molecule has 83 heavy (non-hydrogen) atoms. The van der Waals surface area contributed by atoms with Crippen LogP contribution in [0.25, 0.3) is 88.9 Å². The van der Waals surface area contributed by atoms with Crippen molar-refractivity contribution in [3.8, 4) is 67.5 Å². The molecule has 0 unspecified atom stereocenters. The molecule has 4 heterocycles. The van der Waals surface area contributed by atoms with Crippen LogP contribution in [0.3, 0.4) is 0 Å². The third-order valence-corrected chi connectivity index (χ3v) is 15.9. The van der Waals surface area contributed by atoms with E-state index in [9.17, 15) is 0 Å². The fourth-order valence-corrected chi connectivity index (χ4v) is 11.8. The topological polar surface area (TPSA) is 38.5 Å². The van der Waals surface area contributed by atoms with Gasteiger partial charge in [-0.15, -0.1) is 42.7 Å². The van der Waals surface area contributed by atoms with Crippen LogP contribution < -0.4 is 14.5 Å². The zero-order valence-corrected chi connectivity index (χ0v) is 48.8. The second kappa shape index (κ2) is 21.3. The minimum absolute atomic E-state index is 0. The van der Waals surface area contributed by atoms with Crippen molar-refractivity contribution in [1.29, 1.82) is 0 Å². The zero-order valence-electron chi connectivity index (χ0n) is 47.2. The maximum Gasteiger partial charge on any atom is 0.135 e. The number of nitrogens with zero attached hydrogens (tertiary/aromatic N) is 5. The number of para-hydroxylation sites is 4. The van der Waals surface area contributed by atoms with Crippen LogP contribution >= 0.6 is 0 Å². The van der Waals surface area contributed by atoms with E-state index in [2.05, 4.69) is 304 Å². The maximum absolute atomic E-state index is 6.92. The van der Waals surface area contributed by atoms with E-state index in [-0.39, 0.29) is 31.3 Å². The molecule has 0 fully saturated rings. The molecule has 6 nitrogen and oxygen atoms in total. The van der Waals surface area contributed by atoms with Crippen LogP contribution in [0, 0.1) is 18.8 Å². The van der Waals surface area contributed by atoms with Gasteiger partial charge in [0.05, 0.1) is 11.0 Å². The Morgan fingerprint density at radius 3 is 1.59 bits per heavy atom. The molecule has 0 saturated carbocycles.